The van der Waals surface area contributed by atoms with Gasteiger partial charge in [0.1, 0.15) is 5.69 Å². The van der Waals surface area contributed by atoms with Crippen LogP contribution in [0.25, 0.3) is 0 Å². The maximum Gasteiger partial charge on any atom is 0.294 e. The van der Waals surface area contributed by atoms with E-state index in [2.05, 4.69) is 0 Å². The van der Waals surface area contributed by atoms with E-state index < -0.39 is 4.92 Å². The molecule has 0 aromatic heterocycles. The lowest BCUT2D eigenvalue weighted by molar-refractivity contribution is -0.384. The van der Waals surface area contributed by atoms with Crippen molar-refractivity contribution in [3.8, 4) is 0 Å². The molecule has 1 aromatic rings. The molecule has 1 N–H and O–H groups in total. The van der Waals surface area contributed by atoms with Gasteiger partial charge in [-0.3, -0.25) is 10.1 Å². The molecule has 5 nitrogen and oxygen atoms in total. The third-order valence-electron chi connectivity index (χ3n) is 3.51. The minimum atomic E-state index is -0.432. The van der Waals surface area contributed by atoms with Crippen LogP contribution in [-0.4, -0.2) is 29.2 Å². The lowest BCUT2D eigenvalue weighted by Crippen LogP contribution is -2.35. The average Bonchev–Trinajstić information content (AvgIpc) is 2.70. The molecule has 0 amide bonds. The summed E-state index contributed by atoms with van der Waals surface area (Å²) >= 11 is 5.79. The first-order chi connectivity index (χ1) is 8.54. The lowest BCUT2D eigenvalue weighted by Gasteiger charge is -2.26. The van der Waals surface area contributed by atoms with E-state index >= 15 is 0 Å². The number of hydrogen-bond donors (Lipinski definition) is 1. The fourth-order valence-electron chi connectivity index (χ4n) is 2.47. The number of nitro benzene ring substituents is 1. The zero-order valence-electron chi connectivity index (χ0n) is 10.0. The van der Waals surface area contributed by atoms with Crippen molar-refractivity contribution in [1.82, 2.24) is 0 Å². The van der Waals surface area contributed by atoms with Gasteiger partial charge in [-0.25, -0.2) is 0 Å². The molecule has 0 saturated carbocycles. The molecule has 0 spiro atoms. The van der Waals surface area contributed by atoms with Crippen LogP contribution >= 0.6 is 11.6 Å². The number of benzene rings is 1. The van der Waals surface area contributed by atoms with Crippen molar-refractivity contribution in [2.45, 2.75) is 19.4 Å². The predicted octanol–water partition coefficient (Wildman–Crippen LogP) is 2.46. The summed E-state index contributed by atoms with van der Waals surface area (Å²) in [5, 5.41) is 20.8. The minimum Gasteiger partial charge on any atom is -0.394 e. The topological polar surface area (TPSA) is 66.6 Å². The Morgan fingerprint density at radius 1 is 1.61 bits per heavy atom. The number of anilines is 1. The Balaban J connectivity index is 2.41. The third-order valence-corrected chi connectivity index (χ3v) is 3.75. The first kappa shape index (κ1) is 13.1. The number of aliphatic hydroxyl groups excluding tert-OH is 1. The highest BCUT2D eigenvalue weighted by Crippen LogP contribution is 2.36. The molecule has 0 radical (unpaired) electrons. The highest BCUT2D eigenvalue weighted by atomic mass is 35.5. The van der Waals surface area contributed by atoms with E-state index in [0.717, 1.165) is 13.0 Å². The number of halogens is 1. The van der Waals surface area contributed by atoms with Crippen LogP contribution in [0.1, 0.15) is 13.3 Å². The van der Waals surface area contributed by atoms with Crippen molar-refractivity contribution in [2.75, 3.05) is 18.1 Å². The van der Waals surface area contributed by atoms with E-state index in [-0.39, 0.29) is 18.3 Å². The van der Waals surface area contributed by atoms with E-state index in [4.69, 9.17) is 11.6 Å². The molecule has 2 unspecified atom stereocenters. The van der Waals surface area contributed by atoms with Crippen molar-refractivity contribution in [3.63, 3.8) is 0 Å². The van der Waals surface area contributed by atoms with Gasteiger partial charge in [0.25, 0.3) is 5.69 Å². The average molecular weight is 271 g/mol. The summed E-state index contributed by atoms with van der Waals surface area (Å²) < 4.78 is 0. The van der Waals surface area contributed by atoms with Gasteiger partial charge in [0, 0.05) is 17.6 Å². The molecule has 1 fully saturated rings. The maximum atomic E-state index is 11.1. The summed E-state index contributed by atoms with van der Waals surface area (Å²) in [6.07, 6.45) is 0.922. The second-order valence-electron chi connectivity index (χ2n) is 4.60. The molecule has 1 saturated heterocycles. The van der Waals surface area contributed by atoms with Crippen LogP contribution in [0, 0.1) is 16.0 Å². The summed E-state index contributed by atoms with van der Waals surface area (Å²) in [5.74, 6) is 0.324. The van der Waals surface area contributed by atoms with Gasteiger partial charge in [-0.1, -0.05) is 18.5 Å². The molecule has 1 aliphatic rings. The maximum absolute atomic E-state index is 11.1. The van der Waals surface area contributed by atoms with Crippen LogP contribution in [0.2, 0.25) is 5.02 Å². The van der Waals surface area contributed by atoms with Gasteiger partial charge in [-0.05, 0) is 24.5 Å². The van der Waals surface area contributed by atoms with Crippen LogP contribution in [0.3, 0.4) is 0 Å². The molecule has 98 valence electrons. The number of nitrogens with zero attached hydrogens (tertiary/aromatic N) is 2. The van der Waals surface area contributed by atoms with Crippen molar-refractivity contribution in [1.29, 1.82) is 0 Å². The Kier molecular flexibility index (Phi) is 3.73. The molecule has 1 aromatic carbocycles. The fourth-order valence-corrected chi connectivity index (χ4v) is 2.64. The molecule has 18 heavy (non-hydrogen) atoms. The zero-order valence-corrected chi connectivity index (χ0v) is 10.8. The van der Waals surface area contributed by atoms with Gasteiger partial charge in [0.2, 0.25) is 0 Å². The largest absolute Gasteiger partial charge is 0.394 e. The standard InChI is InChI=1S/C12H15ClN2O3/c1-8-4-5-14(12(8)7-16)10-3-2-9(13)6-11(10)15(17)18/h2-3,6,8,12,16H,4-5,7H2,1H3. The van der Waals surface area contributed by atoms with Gasteiger partial charge in [-0.2, -0.15) is 0 Å². The van der Waals surface area contributed by atoms with Crippen LogP contribution in [0.4, 0.5) is 11.4 Å². The van der Waals surface area contributed by atoms with Crippen molar-refractivity contribution >= 4 is 23.0 Å². The lowest BCUT2D eigenvalue weighted by atomic mass is 10.0. The predicted molar refractivity (Wildman–Crippen MR) is 70.1 cm³/mol. The van der Waals surface area contributed by atoms with Crippen LogP contribution in [-0.2, 0) is 0 Å². The van der Waals surface area contributed by atoms with Gasteiger partial charge in [0.15, 0.2) is 0 Å². The van der Waals surface area contributed by atoms with Crippen molar-refractivity contribution in [2.24, 2.45) is 5.92 Å². The summed E-state index contributed by atoms with van der Waals surface area (Å²) in [7, 11) is 0. The Morgan fingerprint density at radius 3 is 2.94 bits per heavy atom. The molecular formula is C12H15ClN2O3. The highest BCUT2D eigenvalue weighted by Gasteiger charge is 2.34. The quantitative estimate of drug-likeness (QED) is 0.677. The van der Waals surface area contributed by atoms with Gasteiger partial charge in [-0.15, -0.1) is 0 Å². The minimum absolute atomic E-state index is 0.000940. The van der Waals surface area contributed by atoms with Crippen molar-refractivity contribution < 1.29 is 10.0 Å². The normalized spacial score (nSPS) is 23.4. The first-order valence-corrected chi connectivity index (χ1v) is 6.24. The Bertz CT molecular complexity index is 467. The molecule has 2 atom stereocenters. The Morgan fingerprint density at radius 2 is 2.33 bits per heavy atom. The number of aliphatic hydroxyl groups is 1. The summed E-state index contributed by atoms with van der Waals surface area (Å²) in [6, 6.07) is 4.58. The SMILES string of the molecule is CC1CCN(c2ccc(Cl)cc2[N+](=O)[O-])C1CO. The summed E-state index contributed by atoms with van der Waals surface area (Å²) in [6.45, 7) is 2.76. The van der Waals surface area contributed by atoms with Gasteiger partial charge >= 0.3 is 0 Å². The van der Waals surface area contributed by atoms with Gasteiger partial charge in [0.05, 0.1) is 17.6 Å². The number of nitro groups is 1. The van der Waals surface area contributed by atoms with Gasteiger partial charge < -0.3 is 10.0 Å². The molecular weight excluding hydrogens is 256 g/mol. The monoisotopic (exact) mass is 270 g/mol. The van der Waals surface area contributed by atoms with E-state index in [9.17, 15) is 15.2 Å². The van der Waals surface area contributed by atoms with Crippen LogP contribution in [0.5, 0.6) is 0 Å². The molecule has 0 aliphatic carbocycles. The molecule has 0 bridgehead atoms. The van der Waals surface area contributed by atoms with Crippen molar-refractivity contribution in [3.05, 3.63) is 33.3 Å². The third kappa shape index (κ3) is 2.28. The second-order valence-corrected chi connectivity index (χ2v) is 5.04. The van der Waals surface area contributed by atoms with E-state index in [0.29, 0.717) is 16.6 Å². The van der Waals surface area contributed by atoms with E-state index in [1.165, 1.54) is 6.07 Å². The van der Waals surface area contributed by atoms with Crippen LogP contribution in [0.15, 0.2) is 18.2 Å². The molecule has 6 heteroatoms. The summed E-state index contributed by atoms with van der Waals surface area (Å²) in [4.78, 5) is 12.5. The second kappa shape index (κ2) is 5.12. The van der Waals surface area contributed by atoms with E-state index in [1.807, 2.05) is 11.8 Å². The Hall–Kier alpha value is -1.33. The number of hydrogen-bond acceptors (Lipinski definition) is 4. The molecule has 1 aliphatic heterocycles. The van der Waals surface area contributed by atoms with E-state index in [1.54, 1.807) is 12.1 Å². The summed E-state index contributed by atoms with van der Waals surface area (Å²) in [5.41, 5.74) is 0.530. The molecule has 1 heterocycles. The fraction of sp³-hybridized carbons (Fsp3) is 0.500. The molecule has 2 rings (SSSR count). The number of rotatable bonds is 3. The highest BCUT2D eigenvalue weighted by molar-refractivity contribution is 6.30. The smallest absolute Gasteiger partial charge is 0.294 e. The zero-order chi connectivity index (χ0) is 13.3. The Labute approximate surface area is 110 Å². The first-order valence-electron chi connectivity index (χ1n) is 5.86. The van der Waals surface area contributed by atoms with Crippen LogP contribution < -0.4 is 4.90 Å².